The predicted molar refractivity (Wildman–Crippen MR) is 131 cm³/mol. The Labute approximate surface area is 202 Å². The van der Waals surface area contributed by atoms with Gasteiger partial charge in [0, 0.05) is 19.0 Å². The number of aryl methyl sites for hydroxylation is 1. The molecule has 186 valence electrons. The molecule has 2 aromatic rings. The van der Waals surface area contributed by atoms with E-state index in [2.05, 4.69) is 5.32 Å². The summed E-state index contributed by atoms with van der Waals surface area (Å²) in [4.78, 5) is 27.6. The molecule has 0 fully saturated rings. The zero-order valence-corrected chi connectivity index (χ0v) is 20.9. The molecule has 0 saturated carbocycles. The molecule has 2 rings (SSSR count). The molecule has 34 heavy (non-hydrogen) atoms. The lowest BCUT2D eigenvalue weighted by atomic mass is 10.1. The fourth-order valence-electron chi connectivity index (χ4n) is 3.48. The molecule has 1 N–H and O–H groups in total. The van der Waals surface area contributed by atoms with Crippen LogP contribution in [0.15, 0.2) is 42.5 Å². The van der Waals surface area contributed by atoms with Crippen molar-refractivity contribution in [2.75, 3.05) is 13.2 Å². The van der Waals surface area contributed by atoms with Crippen molar-refractivity contribution in [3.8, 4) is 11.5 Å². The average molecular weight is 473 g/mol. The van der Waals surface area contributed by atoms with Crippen molar-refractivity contribution < 1.29 is 23.5 Å². The molecule has 0 radical (unpaired) electrons. The lowest BCUT2D eigenvalue weighted by Crippen LogP contribution is -2.49. The SMILES string of the molecule is CCOc1ccc(CCC(=O)N(Cc2ccc(F)cc2)[C@@H](C)C(=O)N[C@H](C)CC)cc1OCC. The highest BCUT2D eigenvalue weighted by atomic mass is 19.1. The second kappa shape index (κ2) is 13.6. The Bertz CT molecular complexity index is 933. The van der Waals surface area contributed by atoms with Gasteiger partial charge in [0.05, 0.1) is 13.2 Å². The van der Waals surface area contributed by atoms with E-state index in [1.807, 2.05) is 45.9 Å². The molecule has 0 unspecified atom stereocenters. The van der Waals surface area contributed by atoms with Crippen molar-refractivity contribution in [1.82, 2.24) is 10.2 Å². The minimum Gasteiger partial charge on any atom is -0.490 e. The first-order chi connectivity index (χ1) is 16.3. The number of benzene rings is 2. The Morgan fingerprint density at radius 3 is 2.18 bits per heavy atom. The molecule has 2 aromatic carbocycles. The first kappa shape index (κ1) is 27.2. The van der Waals surface area contributed by atoms with Crippen molar-refractivity contribution in [2.45, 2.75) is 72.5 Å². The molecule has 0 spiro atoms. The van der Waals surface area contributed by atoms with Gasteiger partial charge in [0.2, 0.25) is 11.8 Å². The van der Waals surface area contributed by atoms with Crippen LogP contribution in [0.5, 0.6) is 11.5 Å². The third-order valence-corrected chi connectivity index (χ3v) is 5.67. The summed E-state index contributed by atoms with van der Waals surface area (Å²) in [5.74, 6) is 0.628. The molecule has 0 aliphatic rings. The zero-order valence-electron chi connectivity index (χ0n) is 20.9. The maximum atomic E-state index is 13.4. The van der Waals surface area contributed by atoms with Gasteiger partial charge in [0.15, 0.2) is 11.5 Å². The smallest absolute Gasteiger partial charge is 0.242 e. The summed E-state index contributed by atoms with van der Waals surface area (Å²) >= 11 is 0. The molecule has 0 heterocycles. The van der Waals surface area contributed by atoms with Crippen LogP contribution in [-0.2, 0) is 22.6 Å². The van der Waals surface area contributed by atoms with Gasteiger partial charge in [-0.05, 0) is 75.9 Å². The summed E-state index contributed by atoms with van der Waals surface area (Å²) in [7, 11) is 0. The van der Waals surface area contributed by atoms with Crippen LogP contribution in [0.1, 0.15) is 58.6 Å². The van der Waals surface area contributed by atoms with Crippen molar-refractivity contribution in [3.05, 3.63) is 59.4 Å². The number of rotatable bonds is 13. The first-order valence-electron chi connectivity index (χ1n) is 12.0. The zero-order chi connectivity index (χ0) is 25.1. The first-order valence-corrected chi connectivity index (χ1v) is 12.0. The number of ether oxygens (including phenoxy) is 2. The number of hydrogen-bond acceptors (Lipinski definition) is 4. The van der Waals surface area contributed by atoms with Crippen LogP contribution in [-0.4, -0.2) is 42.0 Å². The molecule has 6 nitrogen and oxygen atoms in total. The van der Waals surface area contributed by atoms with Crippen molar-refractivity contribution in [3.63, 3.8) is 0 Å². The van der Waals surface area contributed by atoms with Gasteiger partial charge in [0.1, 0.15) is 11.9 Å². The largest absolute Gasteiger partial charge is 0.490 e. The fourth-order valence-corrected chi connectivity index (χ4v) is 3.48. The second-order valence-electron chi connectivity index (χ2n) is 8.29. The van der Waals surface area contributed by atoms with Gasteiger partial charge in [-0.15, -0.1) is 0 Å². The van der Waals surface area contributed by atoms with Crippen LogP contribution in [0.4, 0.5) is 4.39 Å². The minimum atomic E-state index is -0.661. The third-order valence-electron chi connectivity index (χ3n) is 5.67. The summed E-state index contributed by atoms with van der Waals surface area (Å²) in [6.07, 6.45) is 1.51. The van der Waals surface area contributed by atoms with Crippen LogP contribution in [0.2, 0.25) is 0 Å². The third kappa shape index (κ3) is 8.04. The Morgan fingerprint density at radius 2 is 1.56 bits per heavy atom. The van der Waals surface area contributed by atoms with E-state index in [-0.39, 0.29) is 36.6 Å². The topological polar surface area (TPSA) is 67.9 Å². The summed E-state index contributed by atoms with van der Waals surface area (Å²) < 4.78 is 24.7. The molecule has 7 heteroatoms. The van der Waals surface area contributed by atoms with E-state index >= 15 is 0 Å². The standard InChI is InChI=1S/C27H37FN2O4/c1-6-19(4)29-27(32)20(5)30(18-22-9-13-23(28)14-10-22)26(31)16-12-21-11-15-24(33-7-2)25(17-21)34-8-3/h9-11,13-15,17,19-20H,6-8,12,16,18H2,1-5H3,(H,29,32)/t19-,20+/m1/s1. The van der Waals surface area contributed by atoms with Crippen LogP contribution in [0, 0.1) is 5.82 Å². The highest BCUT2D eigenvalue weighted by Crippen LogP contribution is 2.29. The van der Waals surface area contributed by atoms with Gasteiger partial charge in [-0.1, -0.05) is 25.1 Å². The van der Waals surface area contributed by atoms with Crippen LogP contribution in [0.25, 0.3) is 0 Å². The Balaban J connectivity index is 2.17. The average Bonchev–Trinajstić information content (AvgIpc) is 2.83. The van der Waals surface area contributed by atoms with Crippen LogP contribution < -0.4 is 14.8 Å². The number of carbonyl (C=O) groups excluding carboxylic acids is 2. The molecule has 0 aliphatic heterocycles. The quantitative estimate of drug-likeness (QED) is 0.451. The van der Waals surface area contributed by atoms with Gasteiger partial charge in [-0.2, -0.15) is 0 Å². The second-order valence-corrected chi connectivity index (χ2v) is 8.29. The van der Waals surface area contributed by atoms with Gasteiger partial charge >= 0.3 is 0 Å². The maximum Gasteiger partial charge on any atom is 0.242 e. The number of nitrogens with one attached hydrogen (secondary N) is 1. The van der Waals surface area contributed by atoms with E-state index in [1.165, 1.54) is 12.1 Å². The number of carbonyl (C=O) groups is 2. The van der Waals surface area contributed by atoms with Crippen molar-refractivity contribution in [2.24, 2.45) is 0 Å². The summed E-state index contributed by atoms with van der Waals surface area (Å²) in [6, 6.07) is 11.0. The van der Waals surface area contributed by atoms with E-state index in [0.717, 1.165) is 17.5 Å². The monoisotopic (exact) mass is 472 g/mol. The number of amides is 2. The van der Waals surface area contributed by atoms with Gasteiger partial charge < -0.3 is 19.7 Å². The highest BCUT2D eigenvalue weighted by Gasteiger charge is 2.26. The van der Waals surface area contributed by atoms with Gasteiger partial charge in [-0.25, -0.2) is 4.39 Å². The summed E-state index contributed by atoms with van der Waals surface area (Å²) in [6.45, 7) is 10.7. The summed E-state index contributed by atoms with van der Waals surface area (Å²) in [5, 5.41) is 2.95. The Kier molecular flexibility index (Phi) is 10.8. The molecule has 0 saturated heterocycles. The van der Waals surface area contributed by atoms with Crippen molar-refractivity contribution >= 4 is 11.8 Å². The minimum absolute atomic E-state index is 0.0126. The van der Waals surface area contributed by atoms with Gasteiger partial charge in [-0.3, -0.25) is 9.59 Å². The van der Waals surface area contributed by atoms with E-state index in [0.29, 0.717) is 31.1 Å². The molecule has 2 amide bonds. The van der Waals surface area contributed by atoms with E-state index in [1.54, 1.807) is 24.0 Å². The summed E-state index contributed by atoms with van der Waals surface area (Å²) in [5.41, 5.74) is 1.70. The van der Waals surface area contributed by atoms with Crippen LogP contribution >= 0.6 is 0 Å². The molecule has 0 bridgehead atoms. The molecule has 2 atom stereocenters. The normalized spacial score (nSPS) is 12.5. The Morgan fingerprint density at radius 1 is 0.941 bits per heavy atom. The Hall–Kier alpha value is -3.09. The van der Waals surface area contributed by atoms with E-state index in [9.17, 15) is 14.0 Å². The predicted octanol–water partition coefficient (Wildman–Crippen LogP) is 4.89. The van der Waals surface area contributed by atoms with Crippen molar-refractivity contribution in [1.29, 1.82) is 0 Å². The maximum absolute atomic E-state index is 13.4. The highest BCUT2D eigenvalue weighted by molar-refractivity contribution is 5.87. The number of nitrogens with zero attached hydrogens (tertiary/aromatic N) is 1. The lowest BCUT2D eigenvalue weighted by molar-refractivity contribution is -0.140. The van der Waals surface area contributed by atoms with Crippen LogP contribution in [0.3, 0.4) is 0 Å². The molecular weight excluding hydrogens is 435 g/mol. The number of halogens is 1. The van der Waals surface area contributed by atoms with Gasteiger partial charge in [0.25, 0.3) is 0 Å². The molecular formula is C27H37FN2O4. The van der Waals surface area contributed by atoms with E-state index in [4.69, 9.17) is 9.47 Å². The van der Waals surface area contributed by atoms with E-state index < -0.39 is 6.04 Å². The fraction of sp³-hybridized carbons (Fsp3) is 0.481. The molecule has 0 aliphatic carbocycles. The molecule has 0 aromatic heterocycles. The number of hydrogen-bond donors (Lipinski definition) is 1. The lowest BCUT2D eigenvalue weighted by Gasteiger charge is -2.30.